The molecule has 0 aromatic carbocycles. The van der Waals surface area contributed by atoms with Gasteiger partial charge in [-0.3, -0.25) is 32.0 Å². The van der Waals surface area contributed by atoms with Crippen LogP contribution in [0.15, 0.2) is 25.3 Å². The number of phosphoric ester groups is 2. The largest absolute Gasteiger partial charge is 0.478 e. The van der Waals surface area contributed by atoms with Crippen LogP contribution < -0.4 is 11.5 Å². The minimum absolute atomic E-state index is 0.0151. The average Bonchev–Trinajstić information content (AvgIpc) is 3.84. The summed E-state index contributed by atoms with van der Waals surface area (Å²) in [4.78, 5) is 47.1. The summed E-state index contributed by atoms with van der Waals surface area (Å²) in [6.07, 6.45) is -10.3. The fourth-order valence-corrected chi connectivity index (χ4v) is 7.81. The first-order valence-corrected chi connectivity index (χ1v) is 18.4. The van der Waals surface area contributed by atoms with Crippen molar-refractivity contribution in [2.45, 2.75) is 70.0 Å². The van der Waals surface area contributed by atoms with Gasteiger partial charge in [0.25, 0.3) is 0 Å². The molecule has 52 heavy (non-hydrogen) atoms. The number of carbonyl (C=O) groups is 1. The number of nitrogens with two attached hydrogens (primary N) is 2. The number of hydrogen-bond donors (Lipinski definition) is 3. The minimum Gasteiger partial charge on any atom is -0.437 e. The molecular formula is C26H32F2N10O12P2. The van der Waals surface area contributed by atoms with Gasteiger partial charge in [-0.2, -0.15) is 0 Å². The molecule has 0 aliphatic carbocycles. The predicted molar refractivity (Wildman–Crippen MR) is 168 cm³/mol. The second kappa shape index (κ2) is 13.5. The number of imidazole rings is 2. The van der Waals surface area contributed by atoms with Crippen molar-refractivity contribution in [3.05, 3.63) is 25.3 Å². The maximum absolute atomic E-state index is 16.4. The molecule has 0 radical (unpaired) electrons. The number of anilines is 2. The Kier molecular flexibility index (Phi) is 9.51. The Balaban J connectivity index is 1.20. The van der Waals surface area contributed by atoms with Gasteiger partial charge in [-0.25, -0.2) is 52.3 Å². The molecule has 3 aliphatic rings. The second-order valence-corrected chi connectivity index (χ2v) is 15.8. The first kappa shape index (κ1) is 36.5. The number of rotatable bonds is 5. The number of halogens is 2. The lowest BCUT2D eigenvalue weighted by Crippen LogP contribution is -2.37. The van der Waals surface area contributed by atoms with Crippen LogP contribution in [0.25, 0.3) is 22.3 Å². The zero-order chi connectivity index (χ0) is 37.2. The van der Waals surface area contributed by atoms with E-state index in [0.717, 1.165) is 34.4 Å². The standard InChI is InChI=1S/C26H32F2N10O12P2/c1-26(2,3)25(39)43-10-46-52(42)45-5-12-17(13(27)23(48-12)37-8-35-15-19(29)31-6-33-21(15)37)49-51(40,41)44-4-11-18(50-52)14(28)24(47-11)38-9-36-16-20(30)32-7-34-22(16)38/h6-9,11-14,17-18,23-24H,4-5,10H2,1-3H3,(H,40,41)(H2,29,31,33)(H2,30,32,34)/t11-,12-,13-,14-,17-,18-,23-,24-,52+/m1/s1. The number of phosphoric acid groups is 2. The van der Waals surface area contributed by atoms with Crippen molar-refractivity contribution in [2.24, 2.45) is 5.41 Å². The summed E-state index contributed by atoms with van der Waals surface area (Å²) in [6, 6.07) is 0. The highest BCUT2D eigenvalue weighted by atomic mass is 31.2. The van der Waals surface area contributed by atoms with Gasteiger partial charge in [0.2, 0.25) is 6.79 Å². The zero-order valence-corrected chi connectivity index (χ0v) is 29.2. The smallest absolute Gasteiger partial charge is 0.437 e. The molecule has 0 bridgehead atoms. The van der Waals surface area contributed by atoms with Crippen LogP contribution in [-0.4, -0.2) is 107 Å². The quantitative estimate of drug-likeness (QED) is 0.148. The Morgan fingerprint density at radius 3 is 1.88 bits per heavy atom. The predicted octanol–water partition coefficient (Wildman–Crippen LogP) is 1.89. The van der Waals surface area contributed by atoms with Crippen LogP contribution in [-0.2, 0) is 50.8 Å². The maximum Gasteiger partial charge on any atom is 0.478 e. The van der Waals surface area contributed by atoms with Gasteiger partial charge in [-0.1, -0.05) is 0 Å². The van der Waals surface area contributed by atoms with Crippen molar-refractivity contribution in [1.29, 1.82) is 0 Å². The maximum atomic E-state index is 16.4. The molecular weight excluding hydrogens is 744 g/mol. The lowest BCUT2D eigenvalue weighted by atomic mass is 9.98. The molecule has 0 amide bonds. The third-order valence-corrected chi connectivity index (χ3v) is 10.5. The van der Waals surface area contributed by atoms with Crippen molar-refractivity contribution in [1.82, 2.24) is 39.0 Å². The first-order valence-electron chi connectivity index (χ1n) is 15.4. The minimum atomic E-state index is -5.19. The second-order valence-electron chi connectivity index (χ2n) is 12.8. The summed E-state index contributed by atoms with van der Waals surface area (Å²) >= 11 is 0. The number of ether oxygens (including phenoxy) is 3. The van der Waals surface area contributed by atoms with Crippen LogP contribution in [0.2, 0.25) is 0 Å². The van der Waals surface area contributed by atoms with Crippen LogP contribution in [0.3, 0.4) is 0 Å². The van der Waals surface area contributed by atoms with Crippen molar-refractivity contribution in [3.63, 3.8) is 0 Å². The molecule has 7 heterocycles. The molecule has 3 saturated heterocycles. The number of fused-ring (bicyclic) bond motifs is 4. The van der Waals surface area contributed by atoms with Crippen LogP contribution in [0.5, 0.6) is 0 Å². The molecule has 26 heteroatoms. The molecule has 22 nitrogen and oxygen atoms in total. The topological polar surface area (TPSA) is 285 Å². The summed E-state index contributed by atoms with van der Waals surface area (Å²) in [5, 5.41) is 0. The summed E-state index contributed by atoms with van der Waals surface area (Å²) in [5.74, 6) is -0.789. The molecule has 5 N–H and O–H groups in total. The van der Waals surface area contributed by atoms with Gasteiger partial charge >= 0.3 is 21.6 Å². The summed E-state index contributed by atoms with van der Waals surface area (Å²) in [6.45, 7) is 1.84. The number of nitrogens with zero attached hydrogens (tertiary/aromatic N) is 8. The van der Waals surface area contributed by atoms with E-state index in [-0.39, 0.29) is 34.0 Å². The molecule has 1 unspecified atom stereocenters. The highest BCUT2D eigenvalue weighted by molar-refractivity contribution is 7.48. The average molecular weight is 777 g/mol. The fourth-order valence-electron chi connectivity index (χ4n) is 5.59. The molecule has 0 saturated carbocycles. The van der Waals surface area contributed by atoms with Gasteiger partial charge in [-0.15, -0.1) is 0 Å². The summed E-state index contributed by atoms with van der Waals surface area (Å²) in [7, 11) is -10.2. The number of nitrogen functional groups attached to an aromatic ring is 2. The van der Waals surface area contributed by atoms with Gasteiger partial charge in [0.05, 0.1) is 31.3 Å². The molecule has 3 aliphatic heterocycles. The summed E-state index contributed by atoms with van der Waals surface area (Å²) in [5.41, 5.74) is 11.0. The van der Waals surface area contributed by atoms with E-state index in [0.29, 0.717) is 0 Å². The fraction of sp³-hybridized carbons (Fsp3) is 0.577. The van der Waals surface area contributed by atoms with Crippen molar-refractivity contribution in [2.75, 3.05) is 31.5 Å². The van der Waals surface area contributed by atoms with Crippen LogP contribution in [0.1, 0.15) is 33.2 Å². The van der Waals surface area contributed by atoms with Gasteiger partial charge in [-0.05, 0) is 20.8 Å². The van der Waals surface area contributed by atoms with E-state index >= 15 is 8.78 Å². The number of aromatic nitrogens is 8. The number of esters is 1. The monoisotopic (exact) mass is 776 g/mol. The van der Waals surface area contributed by atoms with Crippen LogP contribution in [0, 0.1) is 5.41 Å². The number of alkyl halides is 2. The summed E-state index contributed by atoms with van der Waals surface area (Å²) < 4.78 is 106. The molecule has 3 fully saturated rings. The highest BCUT2D eigenvalue weighted by Crippen LogP contribution is 2.57. The SMILES string of the molecule is CC(C)(C)C(=O)OCO[P@]1(=O)OC[C@H]2O[C@@H](n3cnc4c(N)ncnc43)[C@H](F)[C@@H]2OP(=O)(O)OC[C@H]2O[C@@H](n3cnc4c(N)ncnc43)[C@H](F)[C@@H]2O1. The van der Waals surface area contributed by atoms with Gasteiger partial charge in [0, 0.05) is 0 Å². The van der Waals surface area contributed by atoms with E-state index in [1.165, 1.54) is 0 Å². The van der Waals surface area contributed by atoms with Crippen molar-refractivity contribution in [3.8, 4) is 0 Å². The zero-order valence-electron chi connectivity index (χ0n) is 27.4. The van der Waals surface area contributed by atoms with E-state index in [4.69, 9.17) is 48.3 Å². The molecule has 282 valence electrons. The van der Waals surface area contributed by atoms with Crippen molar-refractivity contribution < 1.29 is 64.4 Å². The number of hydrogen-bond acceptors (Lipinski definition) is 19. The molecule has 7 rings (SSSR count). The molecule has 4 aromatic rings. The molecule has 4 aromatic heterocycles. The molecule has 10 atom stereocenters. The third kappa shape index (κ3) is 6.86. The lowest BCUT2D eigenvalue weighted by Gasteiger charge is -2.29. The Morgan fingerprint density at radius 2 is 1.37 bits per heavy atom. The lowest BCUT2D eigenvalue weighted by molar-refractivity contribution is -0.161. The first-order chi connectivity index (χ1) is 24.6. The van der Waals surface area contributed by atoms with Crippen LogP contribution in [0.4, 0.5) is 20.4 Å². The Bertz CT molecular complexity index is 2090. The Morgan fingerprint density at radius 1 is 0.865 bits per heavy atom. The Labute approximate surface area is 291 Å². The van der Waals surface area contributed by atoms with E-state index in [1.54, 1.807) is 20.8 Å². The Hall–Kier alpha value is -3.83. The molecule has 0 spiro atoms. The number of carbonyl (C=O) groups excluding carboxylic acids is 1. The normalized spacial score (nSPS) is 34.4. The van der Waals surface area contributed by atoms with E-state index in [1.807, 2.05) is 0 Å². The van der Waals surface area contributed by atoms with Gasteiger partial charge in [0.1, 0.15) is 48.1 Å². The highest BCUT2D eigenvalue weighted by Gasteiger charge is 2.55. The van der Waals surface area contributed by atoms with E-state index in [9.17, 15) is 18.8 Å². The van der Waals surface area contributed by atoms with E-state index in [2.05, 4.69) is 29.9 Å². The van der Waals surface area contributed by atoms with E-state index < -0.39 is 96.3 Å². The van der Waals surface area contributed by atoms with Gasteiger partial charge in [0.15, 0.2) is 47.7 Å². The third-order valence-electron chi connectivity index (χ3n) is 8.17. The van der Waals surface area contributed by atoms with Crippen LogP contribution >= 0.6 is 15.6 Å². The van der Waals surface area contributed by atoms with Crippen molar-refractivity contribution >= 4 is 55.6 Å². The van der Waals surface area contributed by atoms with Gasteiger partial charge < -0.3 is 30.6 Å².